The predicted molar refractivity (Wildman–Crippen MR) is 81.0 cm³/mol. The van der Waals surface area contributed by atoms with Crippen LogP contribution in [0.4, 0.5) is 0 Å². The van der Waals surface area contributed by atoms with E-state index in [0.717, 1.165) is 11.1 Å². The van der Waals surface area contributed by atoms with Crippen LogP contribution in [0.2, 0.25) is 5.02 Å². The summed E-state index contributed by atoms with van der Waals surface area (Å²) in [6.45, 7) is 0. The molecule has 0 bridgehead atoms. The second-order valence-electron chi connectivity index (χ2n) is 4.03. The molecule has 0 saturated heterocycles. The van der Waals surface area contributed by atoms with Crippen LogP contribution in [0, 0.1) is 0 Å². The second-order valence-corrected chi connectivity index (χ2v) is 4.47. The number of carbonyl (C=O) groups excluding carboxylic acids is 1. The van der Waals surface area contributed by atoms with E-state index in [2.05, 4.69) is 0 Å². The third-order valence-corrected chi connectivity index (χ3v) is 2.80. The molecule has 1 nitrogen and oxygen atoms in total. The summed E-state index contributed by atoms with van der Waals surface area (Å²) in [6.07, 6.45) is 6.67. The molecule has 0 unspecified atom stereocenters. The highest BCUT2D eigenvalue weighted by Crippen LogP contribution is 2.10. The summed E-state index contributed by atoms with van der Waals surface area (Å²) < 4.78 is 0. The zero-order valence-corrected chi connectivity index (χ0v) is 11.0. The van der Waals surface area contributed by atoms with Crippen LogP contribution in [-0.4, -0.2) is 5.78 Å². The van der Waals surface area contributed by atoms with Crippen LogP contribution >= 0.6 is 11.6 Å². The highest BCUT2D eigenvalue weighted by Gasteiger charge is 1.91. The van der Waals surface area contributed by atoms with Crippen LogP contribution < -0.4 is 0 Å². The van der Waals surface area contributed by atoms with Gasteiger partial charge in [0.15, 0.2) is 5.78 Å². The molecule has 0 amide bonds. The van der Waals surface area contributed by atoms with Gasteiger partial charge >= 0.3 is 0 Å². The number of hydrogen-bond donors (Lipinski definition) is 0. The van der Waals surface area contributed by atoms with Gasteiger partial charge in [0.1, 0.15) is 0 Å². The summed E-state index contributed by atoms with van der Waals surface area (Å²) in [4.78, 5) is 11.7. The van der Waals surface area contributed by atoms with Gasteiger partial charge in [-0.3, -0.25) is 4.79 Å². The van der Waals surface area contributed by atoms with E-state index in [9.17, 15) is 4.79 Å². The average Bonchev–Trinajstić information content (AvgIpc) is 2.45. The van der Waals surface area contributed by atoms with Gasteiger partial charge in [-0.25, -0.2) is 0 Å². The number of ketones is 1. The molecule has 94 valence electrons. The molecule has 19 heavy (non-hydrogen) atoms. The summed E-state index contributed by atoms with van der Waals surface area (Å²) in [5.41, 5.74) is 1.96. The van der Waals surface area contributed by atoms with Crippen molar-refractivity contribution in [3.8, 4) is 0 Å². The van der Waals surface area contributed by atoms with Crippen LogP contribution in [-0.2, 0) is 4.79 Å². The van der Waals surface area contributed by atoms with Crippen LogP contribution in [0.25, 0.3) is 12.2 Å². The van der Waals surface area contributed by atoms with Gasteiger partial charge in [-0.05, 0) is 35.4 Å². The minimum Gasteiger partial charge on any atom is -0.290 e. The summed E-state index contributed by atoms with van der Waals surface area (Å²) in [5, 5.41) is 0.687. The molecule has 2 rings (SSSR count). The first-order chi connectivity index (χ1) is 9.24. The fourth-order valence-electron chi connectivity index (χ4n) is 1.55. The van der Waals surface area contributed by atoms with Gasteiger partial charge in [0, 0.05) is 5.02 Å². The normalized spacial score (nSPS) is 11.2. The van der Waals surface area contributed by atoms with Gasteiger partial charge in [-0.1, -0.05) is 66.2 Å². The lowest BCUT2D eigenvalue weighted by Crippen LogP contribution is -1.84. The van der Waals surface area contributed by atoms with E-state index in [-0.39, 0.29) is 5.78 Å². The highest BCUT2D eigenvalue weighted by molar-refractivity contribution is 6.30. The quantitative estimate of drug-likeness (QED) is 0.739. The molecule has 0 saturated carbocycles. The Bertz CT molecular complexity index is 595. The van der Waals surface area contributed by atoms with E-state index in [0.29, 0.717) is 5.02 Å². The van der Waals surface area contributed by atoms with Crippen LogP contribution in [0.5, 0.6) is 0 Å². The smallest absolute Gasteiger partial charge is 0.178 e. The monoisotopic (exact) mass is 268 g/mol. The minimum absolute atomic E-state index is 0.0428. The molecule has 0 spiro atoms. The maximum absolute atomic E-state index is 11.7. The van der Waals surface area contributed by atoms with Crippen LogP contribution in [0.3, 0.4) is 0 Å². The van der Waals surface area contributed by atoms with Gasteiger partial charge in [0.05, 0.1) is 0 Å². The molecule has 0 heterocycles. The van der Waals surface area contributed by atoms with E-state index >= 15 is 0 Å². The lowest BCUT2D eigenvalue weighted by molar-refractivity contribution is -0.110. The van der Waals surface area contributed by atoms with Crippen molar-refractivity contribution in [3.63, 3.8) is 0 Å². The molecule has 2 heteroatoms. The summed E-state index contributed by atoms with van der Waals surface area (Å²) in [5.74, 6) is -0.0428. The maximum atomic E-state index is 11.7. The van der Waals surface area contributed by atoms with Crippen molar-refractivity contribution in [3.05, 3.63) is 82.9 Å². The molecule has 0 N–H and O–H groups in total. The largest absolute Gasteiger partial charge is 0.290 e. The Balaban J connectivity index is 1.98. The molecule has 0 radical (unpaired) electrons. The average molecular weight is 269 g/mol. The van der Waals surface area contributed by atoms with Crippen molar-refractivity contribution in [1.29, 1.82) is 0 Å². The molecular weight excluding hydrogens is 256 g/mol. The van der Waals surface area contributed by atoms with Gasteiger partial charge in [-0.15, -0.1) is 0 Å². The van der Waals surface area contributed by atoms with Gasteiger partial charge in [0.25, 0.3) is 0 Å². The Morgan fingerprint density at radius 2 is 1.32 bits per heavy atom. The number of halogens is 1. The van der Waals surface area contributed by atoms with Crippen LogP contribution in [0.1, 0.15) is 11.1 Å². The molecule has 2 aromatic carbocycles. The lowest BCUT2D eigenvalue weighted by atomic mass is 10.1. The fraction of sp³-hybridized carbons (Fsp3) is 0. The van der Waals surface area contributed by atoms with Gasteiger partial charge < -0.3 is 0 Å². The number of rotatable bonds is 4. The molecule has 0 aliphatic heterocycles. The Labute approximate surface area is 117 Å². The second kappa shape index (κ2) is 6.72. The number of allylic oxidation sites excluding steroid dienone is 2. The molecule has 0 atom stereocenters. The van der Waals surface area contributed by atoms with Crippen molar-refractivity contribution in [2.45, 2.75) is 0 Å². The predicted octanol–water partition coefficient (Wildman–Crippen LogP) is 4.64. The Kier molecular flexibility index (Phi) is 4.71. The van der Waals surface area contributed by atoms with Crippen molar-refractivity contribution < 1.29 is 4.79 Å². The molecular formula is C17H13ClO. The summed E-state index contributed by atoms with van der Waals surface area (Å²) in [7, 11) is 0. The third-order valence-electron chi connectivity index (χ3n) is 2.55. The molecule has 0 aliphatic rings. The minimum atomic E-state index is -0.0428. The first-order valence-corrected chi connectivity index (χ1v) is 6.32. The van der Waals surface area contributed by atoms with E-state index in [1.807, 2.05) is 42.5 Å². The fourth-order valence-corrected chi connectivity index (χ4v) is 1.68. The zero-order chi connectivity index (χ0) is 13.5. The standard InChI is InChI=1S/C17H13ClO/c18-16-10-6-15(7-11-16)9-13-17(19)12-8-14-4-2-1-3-5-14/h1-13H/b12-8+,13-9+. The van der Waals surface area contributed by atoms with Crippen molar-refractivity contribution >= 4 is 29.5 Å². The van der Waals surface area contributed by atoms with Gasteiger partial charge in [-0.2, -0.15) is 0 Å². The maximum Gasteiger partial charge on any atom is 0.178 e. The van der Waals surface area contributed by atoms with Crippen molar-refractivity contribution in [2.75, 3.05) is 0 Å². The van der Waals surface area contributed by atoms with E-state index in [1.54, 1.807) is 36.4 Å². The Morgan fingerprint density at radius 1 is 0.789 bits per heavy atom. The Morgan fingerprint density at radius 3 is 1.89 bits per heavy atom. The van der Waals surface area contributed by atoms with Crippen LogP contribution in [0.15, 0.2) is 66.7 Å². The lowest BCUT2D eigenvalue weighted by Gasteiger charge is -1.93. The number of benzene rings is 2. The third kappa shape index (κ3) is 4.57. The SMILES string of the molecule is O=C(/C=C/c1ccccc1)/C=C/c1ccc(Cl)cc1. The first-order valence-electron chi connectivity index (χ1n) is 5.95. The first kappa shape index (κ1) is 13.3. The molecule has 0 aromatic heterocycles. The Hall–Kier alpha value is -2.12. The molecule has 0 fully saturated rings. The summed E-state index contributed by atoms with van der Waals surface area (Å²) in [6, 6.07) is 17.1. The van der Waals surface area contributed by atoms with Crippen molar-refractivity contribution in [2.24, 2.45) is 0 Å². The van der Waals surface area contributed by atoms with E-state index in [4.69, 9.17) is 11.6 Å². The summed E-state index contributed by atoms with van der Waals surface area (Å²) >= 11 is 5.79. The van der Waals surface area contributed by atoms with E-state index in [1.165, 1.54) is 0 Å². The zero-order valence-electron chi connectivity index (χ0n) is 10.3. The van der Waals surface area contributed by atoms with Crippen molar-refractivity contribution in [1.82, 2.24) is 0 Å². The molecule has 2 aromatic rings. The number of carbonyl (C=O) groups is 1. The van der Waals surface area contributed by atoms with E-state index < -0.39 is 0 Å². The van der Waals surface area contributed by atoms with Gasteiger partial charge in [0.2, 0.25) is 0 Å². The number of hydrogen-bond acceptors (Lipinski definition) is 1. The highest BCUT2D eigenvalue weighted by atomic mass is 35.5. The molecule has 0 aliphatic carbocycles. The topological polar surface area (TPSA) is 17.1 Å².